The van der Waals surface area contributed by atoms with Gasteiger partial charge in [-0.05, 0) is 119 Å². The fourth-order valence-corrected chi connectivity index (χ4v) is 6.31. The van der Waals surface area contributed by atoms with Gasteiger partial charge in [-0.1, -0.05) is 47.3 Å². The second-order valence-electron chi connectivity index (χ2n) is 9.44. The van der Waals surface area contributed by atoms with E-state index in [1.807, 2.05) is 0 Å². The molecule has 0 N–H and O–H groups in total. The van der Waals surface area contributed by atoms with Gasteiger partial charge in [-0.3, -0.25) is 0 Å². The molecule has 27 heavy (non-hydrogen) atoms. The molecule has 0 saturated carbocycles. The Kier molecular flexibility index (Phi) is 4.73. The predicted molar refractivity (Wildman–Crippen MR) is 117 cm³/mol. The highest BCUT2D eigenvalue weighted by atomic mass is 14.3. The molecule has 0 heterocycles. The third-order valence-electron chi connectivity index (χ3n) is 7.28. The smallest absolute Gasteiger partial charge is 0.0213 e. The van der Waals surface area contributed by atoms with Crippen LogP contribution < -0.4 is 0 Å². The quantitative estimate of drug-likeness (QED) is 0.562. The van der Waals surface area contributed by atoms with Gasteiger partial charge in [-0.15, -0.1) is 0 Å². The Balaban J connectivity index is 0.00000180. The number of hydrogen-bond donors (Lipinski definition) is 0. The lowest BCUT2D eigenvalue weighted by atomic mass is 9.70. The monoisotopic (exact) mass is 360 g/mol. The molecule has 0 atom stereocenters. The van der Waals surface area contributed by atoms with Gasteiger partial charge in [0.1, 0.15) is 0 Å². The Bertz CT molecular complexity index is 761. The fourth-order valence-electron chi connectivity index (χ4n) is 6.31. The molecule has 0 spiro atoms. The van der Waals surface area contributed by atoms with Crippen molar-refractivity contribution in [3.63, 3.8) is 0 Å². The number of fused-ring (bicyclic) bond motifs is 4. The van der Waals surface area contributed by atoms with Gasteiger partial charge in [-0.25, -0.2) is 0 Å². The molecule has 0 radical (unpaired) electrons. The lowest BCUT2D eigenvalue weighted by Crippen LogP contribution is -2.23. The first kappa shape index (κ1) is 18.8. The normalized spacial score (nSPS) is 16.8. The van der Waals surface area contributed by atoms with E-state index in [2.05, 4.69) is 39.8 Å². The molecule has 4 rings (SSSR count). The van der Waals surface area contributed by atoms with E-state index in [-0.39, 0.29) is 7.43 Å². The predicted octanol–water partition coefficient (Wildman–Crippen LogP) is 6.65. The van der Waals surface area contributed by atoms with Crippen LogP contribution >= 0.6 is 0 Å². The van der Waals surface area contributed by atoms with Crippen molar-refractivity contribution in [1.82, 2.24) is 0 Å². The van der Waals surface area contributed by atoms with Crippen LogP contribution in [0.5, 0.6) is 0 Å². The maximum atomic E-state index is 2.60. The Hall–Kier alpha value is -1.56. The summed E-state index contributed by atoms with van der Waals surface area (Å²) in [5.41, 5.74) is 17.1. The second kappa shape index (κ2) is 6.80. The maximum absolute atomic E-state index is 2.60. The highest BCUT2D eigenvalue weighted by Crippen LogP contribution is 2.42. The zero-order valence-corrected chi connectivity index (χ0v) is 17.0. The highest BCUT2D eigenvalue weighted by Gasteiger charge is 2.29. The summed E-state index contributed by atoms with van der Waals surface area (Å²) in [6.07, 6.45) is 9.97. The van der Waals surface area contributed by atoms with Crippen LogP contribution in [0, 0.1) is 0 Å². The number of benzene rings is 2. The molecule has 0 amide bonds. The van der Waals surface area contributed by atoms with E-state index in [9.17, 15) is 0 Å². The van der Waals surface area contributed by atoms with Crippen molar-refractivity contribution >= 4 is 0 Å². The lowest BCUT2D eigenvalue weighted by molar-refractivity contribution is 0.700. The summed E-state index contributed by atoms with van der Waals surface area (Å²) >= 11 is 0. The van der Waals surface area contributed by atoms with Gasteiger partial charge < -0.3 is 0 Å². The second-order valence-corrected chi connectivity index (χ2v) is 9.44. The van der Waals surface area contributed by atoms with Crippen LogP contribution in [0.3, 0.4) is 0 Å². The van der Waals surface area contributed by atoms with Crippen molar-refractivity contribution in [3.8, 4) is 0 Å². The summed E-state index contributed by atoms with van der Waals surface area (Å²) in [6.45, 7) is 9.74. The Morgan fingerprint density at radius 1 is 0.481 bits per heavy atom. The zero-order chi connectivity index (χ0) is 18.0. The molecule has 0 unspecified atom stereocenters. The molecule has 0 bridgehead atoms. The van der Waals surface area contributed by atoms with Crippen LogP contribution in [0.4, 0.5) is 0 Å². The summed E-state index contributed by atoms with van der Waals surface area (Å²) in [6, 6.07) is 5.20. The van der Waals surface area contributed by atoms with E-state index in [1.165, 1.54) is 51.4 Å². The zero-order valence-electron chi connectivity index (χ0n) is 17.0. The van der Waals surface area contributed by atoms with Crippen LogP contribution in [-0.2, 0) is 51.4 Å². The number of aryl methyl sites for hydroxylation is 4. The average Bonchev–Trinajstić information content (AvgIpc) is 2.56. The van der Waals surface area contributed by atoms with E-state index in [0.717, 1.165) is 0 Å². The van der Waals surface area contributed by atoms with Crippen molar-refractivity contribution in [2.45, 2.75) is 98.3 Å². The minimum Gasteiger partial charge on any atom is -0.0776 e. The standard InChI is InChI=1S/C26H32.CH4/c1-15(2)25-21-9-5-17-13-18-6-10-22(25)24-12-8-20(18)14-19(17)7-11-23(21)26(24)16(3)4;/h13-16H,5-12H2,1-4H3;1H4. The average molecular weight is 361 g/mol. The maximum Gasteiger partial charge on any atom is -0.0213 e. The van der Waals surface area contributed by atoms with E-state index < -0.39 is 0 Å². The molecule has 0 aromatic heterocycles. The topological polar surface area (TPSA) is 0 Å². The van der Waals surface area contributed by atoms with Crippen molar-refractivity contribution in [2.24, 2.45) is 0 Å². The molecule has 2 aliphatic rings. The van der Waals surface area contributed by atoms with Crippen molar-refractivity contribution in [2.75, 3.05) is 0 Å². The van der Waals surface area contributed by atoms with Crippen molar-refractivity contribution in [1.29, 1.82) is 0 Å². The van der Waals surface area contributed by atoms with E-state index in [4.69, 9.17) is 0 Å². The van der Waals surface area contributed by atoms with Crippen molar-refractivity contribution in [3.05, 3.63) is 67.8 Å². The molecule has 2 aromatic rings. The summed E-state index contributed by atoms with van der Waals surface area (Å²) in [5, 5.41) is 0. The Morgan fingerprint density at radius 2 is 0.741 bits per heavy atom. The van der Waals surface area contributed by atoms with Crippen molar-refractivity contribution < 1.29 is 0 Å². The van der Waals surface area contributed by atoms with Crippen LogP contribution in [0.2, 0.25) is 0 Å². The molecule has 2 aliphatic carbocycles. The SMILES string of the molecule is C.CC(C)c1c2c3c(C(C)C)c4c1CCc1cc(c(cc1CC4)CC3)CC2. The summed E-state index contributed by atoms with van der Waals surface area (Å²) < 4.78 is 0. The van der Waals surface area contributed by atoms with Gasteiger partial charge in [0.25, 0.3) is 0 Å². The first-order valence-corrected chi connectivity index (χ1v) is 10.9. The molecular weight excluding hydrogens is 324 g/mol. The third kappa shape index (κ3) is 2.79. The third-order valence-corrected chi connectivity index (χ3v) is 7.28. The summed E-state index contributed by atoms with van der Waals surface area (Å²) in [5.74, 6) is 1.29. The number of rotatable bonds is 2. The van der Waals surface area contributed by atoms with Crippen LogP contribution in [0.25, 0.3) is 0 Å². The van der Waals surface area contributed by atoms with Gasteiger partial charge >= 0.3 is 0 Å². The molecule has 2 aromatic carbocycles. The van der Waals surface area contributed by atoms with Gasteiger partial charge in [0.2, 0.25) is 0 Å². The molecular formula is C27H36. The lowest BCUT2D eigenvalue weighted by Gasteiger charge is -2.34. The largest absolute Gasteiger partial charge is 0.0776 e. The Labute approximate surface area is 166 Å². The van der Waals surface area contributed by atoms with E-state index in [1.54, 1.807) is 55.6 Å². The Morgan fingerprint density at radius 3 is 0.963 bits per heavy atom. The van der Waals surface area contributed by atoms with Crippen LogP contribution in [0.15, 0.2) is 12.1 Å². The molecule has 0 fully saturated rings. The first-order valence-electron chi connectivity index (χ1n) is 10.9. The summed E-state index contributed by atoms with van der Waals surface area (Å²) in [7, 11) is 0. The molecule has 0 nitrogen and oxygen atoms in total. The minimum atomic E-state index is 0. The highest BCUT2D eigenvalue weighted by molar-refractivity contribution is 5.58. The van der Waals surface area contributed by atoms with Crippen LogP contribution in [-0.4, -0.2) is 0 Å². The van der Waals surface area contributed by atoms with E-state index >= 15 is 0 Å². The van der Waals surface area contributed by atoms with Crippen LogP contribution in [0.1, 0.15) is 103 Å². The molecule has 0 saturated heterocycles. The minimum absolute atomic E-state index is 0. The van der Waals surface area contributed by atoms with Gasteiger partial charge in [-0.2, -0.15) is 0 Å². The van der Waals surface area contributed by atoms with Gasteiger partial charge in [0.05, 0.1) is 0 Å². The van der Waals surface area contributed by atoms with E-state index in [0.29, 0.717) is 11.8 Å². The first-order chi connectivity index (χ1) is 12.5. The van der Waals surface area contributed by atoms with Gasteiger partial charge in [0.15, 0.2) is 0 Å². The molecule has 0 heteroatoms. The summed E-state index contributed by atoms with van der Waals surface area (Å²) in [4.78, 5) is 0. The molecule has 144 valence electrons. The fraction of sp³-hybridized carbons (Fsp3) is 0.556. The molecule has 0 aliphatic heterocycles. The van der Waals surface area contributed by atoms with Gasteiger partial charge in [0, 0.05) is 0 Å². The number of hydrogen-bond acceptors (Lipinski definition) is 0.